The van der Waals surface area contributed by atoms with Crippen LogP contribution in [0.4, 0.5) is 0 Å². The number of carboxylic acid groups (broad SMARTS) is 1. The highest BCUT2D eigenvalue weighted by molar-refractivity contribution is 5.74. The van der Waals surface area contributed by atoms with Gasteiger partial charge in [-0.05, 0) is 25.1 Å². The molecule has 0 aliphatic heterocycles. The monoisotopic (exact) mass is 349 g/mol. The van der Waals surface area contributed by atoms with Gasteiger partial charge < -0.3 is 30.6 Å². The Labute approximate surface area is 143 Å². The molecule has 0 amide bonds. The molecule has 8 heteroatoms. The molecule has 7 N–H and O–H groups in total. The molecular formula is C17H19NO7. The third-order valence-corrected chi connectivity index (χ3v) is 3.88. The van der Waals surface area contributed by atoms with Crippen molar-refractivity contribution in [2.75, 3.05) is 0 Å². The van der Waals surface area contributed by atoms with Gasteiger partial charge in [0.15, 0.2) is 11.5 Å². The second-order valence-corrected chi connectivity index (χ2v) is 5.63. The van der Waals surface area contributed by atoms with Crippen molar-refractivity contribution in [2.24, 2.45) is 0 Å². The smallest absolute Gasteiger partial charge is 0.321 e. The van der Waals surface area contributed by atoms with Crippen LogP contribution in [0.15, 0.2) is 30.3 Å². The summed E-state index contributed by atoms with van der Waals surface area (Å²) in [5.41, 5.74) is 0.260. The van der Waals surface area contributed by atoms with Crippen molar-refractivity contribution in [2.45, 2.75) is 25.4 Å². The zero-order chi connectivity index (χ0) is 18.7. The Hall–Kier alpha value is -3.13. The minimum absolute atomic E-state index is 0.115. The summed E-state index contributed by atoms with van der Waals surface area (Å²) in [6.07, 6.45) is -0.201. The predicted molar refractivity (Wildman–Crippen MR) is 87.9 cm³/mol. The van der Waals surface area contributed by atoms with Gasteiger partial charge in [-0.25, -0.2) is 0 Å². The third kappa shape index (κ3) is 3.86. The fourth-order valence-electron chi connectivity index (χ4n) is 2.58. The van der Waals surface area contributed by atoms with E-state index in [1.807, 2.05) is 0 Å². The van der Waals surface area contributed by atoms with Crippen molar-refractivity contribution in [1.82, 2.24) is 5.32 Å². The summed E-state index contributed by atoms with van der Waals surface area (Å²) in [5.74, 6) is -3.45. The summed E-state index contributed by atoms with van der Waals surface area (Å²) < 4.78 is 0. The van der Waals surface area contributed by atoms with Gasteiger partial charge in [0.2, 0.25) is 5.75 Å². The number of carboxylic acids is 1. The van der Waals surface area contributed by atoms with E-state index < -0.39 is 35.3 Å². The lowest BCUT2D eigenvalue weighted by Gasteiger charge is -2.22. The molecule has 0 radical (unpaired) electrons. The van der Waals surface area contributed by atoms with Crippen molar-refractivity contribution >= 4 is 5.97 Å². The number of carbonyl (C=O) groups is 1. The number of aliphatic carboxylic acids is 1. The van der Waals surface area contributed by atoms with Crippen molar-refractivity contribution in [3.63, 3.8) is 0 Å². The quantitative estimate of drug-likeness (QED) is 0.388. The third-order valence-electron chi connectivity index (χ3n) is 3.88. The van der Waals surface area contributed by atoms with Gasteiger partial charge >= 0.3 is 5.97 Å². The number of phenolic OH excluding ortho intramolecular Hbond substituents is 5. The summed E-state index contributed by atoms with van der Waals surface area (Å²) in [6.45, 7) is 1.57. The molecule has 2 aromatic rings. The Kier molecular flexibility index (Phi) is 5.23. The average molecular weight is 349 g/mol. The number of nitrogens with one attached hydrogen (secondary N) is 1. The normalized spacial score (nSPS) is 13.3. The maximum absolute atomic E-state index is 11.5. The van der Waals surface area contributed by atoms with E-state index in [0.29, 0.717) is 0 Å². The Morgan fingerprint density at radius 3 is 2.12 bits per heavy atom. The molecule has 0 aromatic heterocycles. The maximum atomic E-state index is 11.5. The van der Waals surface area contributed by atoms with Crippen molar-refractivity contribution in [3.8, 4) is 28.7 Å². The minimum Gasteiger partial charge on any atom is -0.507 e. The fraction of sp³-hybridized carbons (Fsp3) is 0.235. The number of rotatable bonds is 6. The largest absolute Gasteiger partial charge is 0.507 e. The van der Waals surface area contributed by atoms with E-state index in [-0.39, 0.29) is 29.0 Å². The molecule has 2 unspecified atom stereocenters. The van der Waals surface area contributed by atoms with Gasteiger partial charge in [-0.2, -0.15) is 0 Å². The Bertz CT molecular complexity index is 771. The van der Waals surface area contributed by atoms with E-state index in [0.717, 1.165) is 6.07 Å². The molecule has 8 nitrogen and oxygen atoms in total. The van der Waals surface area contributed by atoms with Crippen LogP contribution in [-0.4, -0.2) is 42.7 Å². The van der Waals surface area contributed by atoms with Crippen LogP contribution in [0.3, 0.4) is 0 Å². The summed E-state index contributed by atoms with van der Waals surface area (Å²) in [5, 5.41) is 60.6. The first-order valence-electron chi connectivity index (χ1n) is 7.44. The van der Waals surface area contributed by atoms with Crippen molar-refractivity contribution < 1.29 is 35.4 Å². The molecule has 0 aliphatic rings. The molecule has 134 valence electrons. The van der Waals surface area contributed by atoms with Gasteiger partial charge in [0.05, 0.1) is 5.56 Å². The van der Waals surface area contributed by atoms with Gasteiger partial charge in [-0.15, -0.1) is 0 Å². The van der Waals surface area contributed by atoms with Crippen LogP contribution < -0.4 is 5.32 Å². The number of hydrogen-bond acceptors (Lipinski definition) is 7. The SMILES string of the molecule is CC(NC(Cc1ccc(O)c(O)c1O)C(=O)O)c1c(O)cccc1O. The molecule has 0 aliphatic carbocycles. The zero-order valence-electron chi connectivity index (χ0n) is 13.3. The molecule has 25 heavy (non-hydrogen) atoms. The lowest BCUT2D eigenvalue weighted by molar-refractivity contribution is -0.139. The Balaban J connectivity index is 2.25. The molecule has 0 fully saturated rings. The topological polar surface area (TPSA) is 150 Å². The lowest BCUT2D eigenvalue weighted by atomic mass is 10.0. The average Bonchev–Trinajstić information content (AvgIpc) is 2.54. The van der Waals surface area contributed by atoms with E-state index in [4.69, 9.17) is 0 Å². The van der Waals surface area contributed by atoms with Crippen molar-refractivity contribution in [1.29, 1.82) is 0 Å². The maximum Gasteiger partial charge on any atom is 0.321 e. The number of aromatic hydroxyl groups is 5. The van der Waals surface area contributed by atoms with E-state index in [9.17, 15) is 35.4 Å². The summed E-state index contributed by atoms with van der Waals surface area (Å²) in [7, 11) is 0. The molecule has 0 spiro atoms. The number of phenols is 5. The van der Waals surface area contributed by atoms with Crippen LogP contribution in [0, 0.1) is 0 Å². The second kappa shape index (κ2) is 7.18. The van der Waals surface area contributed by atoms with E-state index in [1.165, 1.54) is 24.3 Å². The molecule has 2 aromatic carbocycles. The Morgan fingerprint density at radius 2 is 1.56 bits per heavy atom. The zero-order valence-corrected chi connectivity index (χ0v) is 13.3. The number of benzene rings is 2. The lowest BCUT2D eigenvalue weighted by Crippen LogP contribution is -2.40. The highest BCUT2D eigenvalue weighted by atomic mass is 16.4. The molecule has 0 saturated heterocycles. The first kappa shape index (κ1) is 18.2. The number of hydrogen-bond donors (Lipinski definition) is 7. The molecule has 2 atom stereocenters. The van der Waals surface area contributed by atoms with Gasteiger partial charge in [0.25, 0.3) is 0 Å². The molecule has 0 heterocycles. The van der Waals surface area contributed by atoms with E-state index in [2.05, 4.69) is 5.32 Å². The van der Waals surface area contributed by atoms with Gasteiger partial charge in [0, 0.05) is 18.0 Å². The summed E-state index contributed by atoms with van der Waals surface area (Å²) in [6, 6.07) is 4.72. The first-order chi connectivity index (χ1) is 11.7. The van der Waals surface area contributed by atoms with Crippen LogP contribution in [0.1, 0.15) is 24.1 Å². The van der Waals surface area contributed by atoms with Gasteiger partial charge in [-0.1, -0.05) is 12.1 Å². The Morgan fingerprint density at radius 1 is 0.960 bits per heavy atom. The summed E-state index contributed by atoms with van der Waals surface area (Å²) >= 11 is 0. The van der Waals surface area contributed by atoms with Crippen LogP contribution in [0.2, 0.25) is 0 Å². The van der Waals surface area contributed by atoms with Gasteiger partial charge in [-0.3, -0.25) is 10.1 Å². The molecule has 0 saturated carbocycles. The summed E-state index contributed by atoms with van der Waals surface area (Å²) in [4.78, 5) is 11.5. The molecule has 2 rings (SSSR count). The van der Waals surface area contributed by atoms with Crippen LogP contribution in [-0.2, 0) is 11.2 Å². The van der Waals surface area contributed by atoms with Gasteiger partial charge in [0.1, 0.15) is 17.5 Å². The van der Waals surface area contributed by atoms with Crippen molar-refractivity contribution in [3.05, 3.63) is 41.5 Å². The van der Waals surface area contributed by atoms with Crippen LogP contribution in [0.25, 0.3) is 0 Å². The van der Waals surface area contributed by atoms with E-state index >= 15 is 0 Å². The molecule has 0 bridgehead atoms. The fourth-order valence-corrected chi connectivity index (χ4v) is 2.58. The first-order valence-corrected chi connectivity index (χ1v) is 7.44. The highest BCUT2D eigenvalue weighted by Gasteiger charge is 2.25. The standard InChI is InChI=1S/C17H19NO7/c1-8(14-11(19)3-2-4-12(14)20)18-10(17(24)25)7-9-5-6-13(21)16(23)15(9)22/h2-6,8,10,18-23H,7H2,1H3,(H,24,25). The van der Waals surface area contributed by atoms with Crippen LogP contribution >= 0.6 is 0 Å². The minimum atomic E-state index is -1.23. The molecular weight excluding hydrogens is 330 g/mol. The second-order valence-electron chi connectivity index (χ2n) is 5.63. The predicted octanol–water partition coefficient (Wildman–Crippen LogP) is 1.56. The van der Waals surface area contributed by atoms with E-state index in [1.54, 1.807) is 6.92 Å². The van der Waals surface area contributed by atoms with Crippen LogP contribution in [0.5, 0.6) is 28.7 Å². The highest BCUT2D eigenvalue weighted by Crippen LogP contribution is 2.38.